The van der Waals surface area contributed by atoms with Crippen LogP contribution in [0.3, 0.4) is 0 Å². The second-order valence-electron chi connectivity index (χ2n) is 5.21. The molecule has 0 amide bonds. The van der Waals surface area contributed by atoms with Crippen LogP contribution in [0.1, 0.15) is 19.8 Å². The number of nitrogens with one attached hydrogen (secondary N) is 1. The number of carboxylic acids is 1. The van der Waals surface area contributed by atoms with Gasteiger partial charge in [-0.25, -0.2) is 13.2 Å². The molecule has 116 valence electrons. The van der Waals surface area contributed by atoms with Crippen molar-refractivity contribution in [2.75, 3.05) is 5.32 Å². The molecule has 0 heterocycles. The first-order valence-electron chi connectivity index (χ1n) is 6.32. The normalized spacial score (nSPS) is 18.3. The quantitative estimate of drug-likeness (QED) is 0.841. The second kappa shape index (κ2) is 5.25. The highest BCUT2D eigenvalue weighted by Crippen LogP contribution is 2.42. The Labute approximate surface area is 120 Å². The molecule has 0 spiro atoms. The number of hydrogen-bond acceptors (Lipinski definition) is 4. The smallest absolute Gasteiger partial charge is 0.341 e. The molecule has 1 aromatic rings. The fourth-order valence-electron chi connectivity index (χ4n) is 2.18. The van der Waals surface area contributed by atoms with E-state index in [2.05, 4.69) is 5.32 Å². The van der Waals surface area contributed by atoms with Crippen molar-refractivity contribution in [1.82, 2.24) is 0 Å². The van der Waals surface area contributed by atoms with Crippen LogP contribution in [0.4, 0.5) is 14.5 Å². The zero-order chi connectivity index (χ0) is 15.8. The van der Waals surface area contributed by atoms with Crippen molar-refractivity contribution in [3.8, 4) is 0 Å². The molecule has 1 atom stereocenters. The van der Waals surface area contributed by atoms with Gasteiger partial charge in [-0.2, -0.15) is 8.78 Å². The van der Waals surface area contributed by atoms with Crippen molar-refractivity contribution in [2.24, 2.45) is 5.92 Å². The molecule has 0 aliphatic heterocycles. The standard InChI is InChI=1S/C13H15F2NO4S/c1-13(11(17)18,8-6-7-8)16-9-4-2-3-5-10(9)21(19,20)12(14)15/h2-5,8,12,16H,6-7H2,1H3,(H,17,18). The van der Waals surface area contributed by atoms with Crippen molar-refractivity contribution >= 4 is 21.5 Å². The van der Waals surface area contributed by atoms with Crippen LogP contribution >= 0.6 is 0 Å². The fourth-order valence-corrected chi connectivity index (χ4v) is 3.07. The maximum atomic E-state index is 12.7. The second-order valence-corrected chi connectivity index (χ2v) is 7.09. The zero-order valence-electron chi connectivity index (χ0n) is 11.2. The average molecular weight is 319 g/mol. The highest BCUT2D eigenvalue weighted by atomic mass is 32.2. The molecule has 0 radical (unpaired) electrons. The van der Waals surface area contributed by atoms with Crippen LogP contribution < -0.4 is 5.32 Å². The number of sulfone groups is 1. The molecule has 0 aromatic heterocycles. The molecule has 1 unspecified atom stereocenters. The lowest BCUT2D eigenvalue weighted by Gasteiger charge is -2.28. The molecule has 1 saturated carbocycles. The van der Waals surface area contributed by atoms with Crippen molar-refractivity contribution in [3.63, 3.8) is 0 Å². The summed E-state index contributed by atoms with van der Waals surface area (Å²) in [6.45, 7) is 1.43. The number of hydrogen-bond donors (Lipinski definition) is 2. The van der Waals surface area contributed by atoms with Gasteiger partial charge in [0, 0.05) is 0 Å². The number of anilines is 1. The van der Waals surface area contributed by atoms with Gasteiger partial charge < -0.3 is 10.4 Å². The molecule has 5 nitrogen and oxygen atoms in total. The zero-order valence-corrected chi connectivity index (χ0v) is 12.0. The van der Waals surface area contributed by atoms with Gasteiger partial charge >= 0.3 is 11.7 Å². The van der Waals surface area contributed by atoms with E-state index in [1.54, 1.807) is 0 Å². The number of carbonyl (C=O) groups is 1. The first kappa shape index (κ1) is 15.7. The Morgan fingerprint density at radius 3 is 2.43 bits per heavy atom. The number of halogens is 2. The van der Waals surface area contributed by atoms with E-state index in [0.29, 0.717) is 12.8 Å². The summed E-state index contributed by atoms with van der Waals surface area (Å²) in [5, 5.41) is 12.0. The number of para-hydroxylation sites is 1. The molecule has 21 heavy (non-hydrogen) atoms. The summed E-state index contributed by atoms with van der Waals surface area (Å²) in [7, 11) is -4.80. The number of aliphatic carboxylic acids is 1. The summed E-state index contributed by atoms with van der Waals surface area (Å²) in [5.41, 5.74) is -1.50. The Morgan fingerprint density at radius 1 is 1.38 bits per heavy atom. The van der Waals surface area contributed by atoms with Gasteiger partial charge in [-0.15, -0.1) is 0 Å². The Hall–Kier alpha value is -1.70. The summed E-state index contributed by atoms with van der Waals surface area (Å²) in [4.78, 5) is 10.9. The molecule has 2 N–H and O–H groups in total. The molecule has 1 aliphatic carbocycles. The van der Waals surface area contributed by atoms with E-state index in [0.717, 1.165) is 6.07 Å². The Morgan fingerprint density at radius 2 is 1.95 bits per heavy atom. The predicted molar refractivity (Wildman–Crippen MR) is 72.0 cm³/mol. The third-order valence-corrected chi connectivity index (χ3v) is 5.10. The maximum Gasteiger partial charge on any atom is 0.341 e. The van der Waals surface area contributed by atoms with E-state index in [4.69, 9.17) is 0 Å². The minimum atomic E-state index is -4.80. The van der Waals surface area contributed by atoms with Crippen LogP contribution in [-0.2, 0) is 14.6 Å². The van der Waals surface area contributed by atoms with Crippen LogP contribution in [0.2, 0.25) is 0 Å². The third-order valence-electron chi connectivity index (χ3n) is 3.66. The molecule has 1 aromatic carbocycles. The Balaban J connectivity index is 2.44. The van der Waals surface area contributed by atoms with Crippen LogP contribution in [-0.4, -0.2) is 30.8 Å². The van der Waals surface area contributed by atoms with E-state index in [1.807, 2.05) is 0 Å². The number of alkyl halides is 2. The lowest BCUT2D eigenvalue weighted by atomic mass is 9.95. The molecule has 1 fully saturated rings. The van der Waals surface area contributed by atoms with E-state index >= 15 is 0 Å². The molecular weight excluding hydrogens is 304 g/mol. The van der Waals surface area contributed by atoms with Gasteiger partial charge in [0.05, 0.1) is 10.6 Å². The van der Waals surface area contributed by atoms with Gasteiger partial charge in [0.15, 0.2) is 0 Å². The Kier molecular flexibility index (Phi) is 3.92. The van der Waals surface area contributed by atoms with Gasteiger partial charge in [-0.1, -0.05) is 12.1 Å². The van der Waals surface area contributed by atoms with Crippen LogP contribution in [0, 0.1) is 5.92 Å². The molecule has 0 bridgehead atoms. The lowest BCUT2D eigenvalue weighted by molar-refractivity contribution is -0.142. The van der Waals surface area contributed by atoms with E-state index in [9.17, 15) is 27.1 Å². The van der Waals surface area contributed by atoms with Gasteiger partial charge in [0.2, 0.25) is 9.84 Å². The molecule has 1 aliphatic rings. The Bertz CT molecular complexity index is 658. The maximum absolute atomic E-state index is 12.7. The summed E-state index contributed by atoms with van der Waals surface area (Å²) in [6, 6.07) is 5.11. The van der Waals surface area contributed by atoms with E-state index in [-0.39, 0.29) is 11.6 Å². The van der Waals surface area contributed by atoms with Gasteiger partial charge in [-0.3, -0.25) is 0 Å². The highest BCUT2D eigenvalue weighted by molar-refractivity contribution is 7.91. The minimum absolute atomic E-state index is 0.116. The highest BCUT2D eigenvalue weighted by Gasteiger charge is 2.48. The first-order chi connectivity index (χ1) is 9.69. The molecule has 0 saturated heterocycles. The summed E-state index contributed by atoms with van der Waals surface area (Å²) in [5.74, 6) is -4.86. The summed E-state index contributed by atoms with van der Waals surface area (Å²) in [6.07, 6.45) is 1.39. The van der Waals surface area contributed by atoms with Crippen LogP contribution in [0.15, 0.2) is 29.2 Å². The largest absolute Gasteiger partial charge is 0.480 e. The van der Waals surface area contributed by atoms with Crippen molar-refractivity contribution in [2.45, 2.75) is 36.0 Å². The first-order valence-corrected chi connectivity index (χ1v) is 7.87. The topological polar surface area (TPSA) is 83.5 Å². The molecule has 8 heteroatoms. The van der Waals surface area contributed by atoms with Crippen LogP contribution in [0.25, 0.3) is 0 Å². The number of carboxylic acid groups (broad SMARTS) is 1. The minimum Gasteiger partial charge on any atom is -0.480 e. The van der Waals surface area contributed by atoms with E-state index < -0.39 is 32.0 Å². The average Bonchev–Trinajstić information content (AvgIpc) is 3.23. The van der Waals surface area contributed by atoms with Crippen molar-refractivity contribution in [3.05, 3.63) is 24.3 Å². The number of rotatable bonds is 6. The third kappa shape index (κ3) is 2.85. The molecule has 2 rings (SSSR count). The van der Waals surface area contributed by atoms with Crippen LogP contribution in [0.5, 0.6) is 0 Å². The fraction of sp³-hybridized carbons (Fsp3) is 0.462. The van der Waals surface area contributed by atoms with Crippen molar-refractivity contribution < 1.29 is 27.1 Å². The molecular formula is C13H15F2NO4S. The SMILES string of the molecule is CC(Nc1ccccc1S(=O)(=O)C(F)F)(C(=O)O)C1CC1. The predicted octanol–water partition coefficient (Wildman–Crippen LogP) is 2.35. The summed E-state index contributed by atoms with van der Waals surface area (Å²) >= 11 is 0. The van der Waals surface area contributed by atoms with Gasteiger partial charge in [0.25, 0.3) is 0 Å². The van der Waals surface area contributed by atoms with E-state index in [1.165, 1.54) is 25.1 Å². The van der Waals surface area contributed by atoms with Gasteiger partial charge in [0.1, 0.15) is 5.54 Å². The van der Waals surface area contributed by atoms with Gasteiger partial charge in [-0.05, 0) is 37.8 Å². The van der Waals surface area contributed by atoms with Crippen molar-refractivity contribution in [1.29, 1.82) is 0 Å². The lowest BCUT2D eigenvalue weighted by Crippen LogP contribution is -2.45. The number of benzene rings is 1. The summed E-state index contributed by atoms with van der Waals surface area (Å²) < 4.78 is 48.7. The monoisotopic (exact) mass is 319 g/mol.